The number of benzene rings is 1. The van der Waals surface area contributed by atoms with Gasteiger partial charge >= 0.3 is 0 Å². The zero-order chi connectivity index (χ0) is 20.7. The zero-order valence-corrected chi connectivity index (χ0v) is 15.9. The molecule has 3 amide bonds. The van der Waals surface area contributed by atoms with Gasteiger partial charge in [0.25, 0.3) is 0 Å². The molecule has 0 bridgehead atoms. The minimum atomic E-state index is -1.01. The van der Waals surface area contributed by atoms with Gasteiger partial charge in [-0.2, -0.15) is 0 Å². The van der Waals surface area contributed by atoms with Crippen molar-refractivity contribution in [2.24, 2.45) is 5.73 Å². The molecule has 2 atom stereocenters. The van der Waals surface area contributed by atoms with Crippen LogP contribution in [0.15, 0.2) is 42.6 Å². The molecule has 0 aliphatic rings. The quantitative estimate of drug-likeness (QED) is 0.570. The van der Waals surface area contributed by atoms with E-state index in [0.29, 0.717) is 16.3 Å². The number of halogens is 2. The molecule has 0 aliphatic heterocycles. The topological polar surface area (TPSA) is 114 Å². The van der Waals surface area contributed by atoms with Crippen molar-refractivity contribution in [2.75, 3.05) is 0 Å². The Balaban J connectivity index is 2.12. The number of pyridine rings is 1. The highest BCUT2D eigenvalue weighted by molar-refractivity contribution is 6.29. The van der Waals surface area contributed by atoms with Gasteiger partial charge in [0.15, 0.2) is 0 Å². The molecular weight excluding hydrogens is 387 g/mol. The van der Waals surface area contributed by atoms with Crippen LogP contribution in [0.3, 0.4) is 0 Å². The number of carbonyl (C=O) groups is 3. The average Bonchev–Trinajstić information content (AvgIpc) is 2.62. The van der Waals surface area contributed by atoms with Gasteiger partial charge in [0, 0.05) is 26.0 Å². The van der Waals surface area contributed by atoms with E-state index < -0.39 is 35.6 Å². The number of nitrogens with two attached hydrogens (primary N) is 1. The summed E-state index contributed by atoms with van der Waals surface area (Å²) in [5.41, 5.74) is 6.57. The maximum atomic E-state index is 13.4. The highest BCUT2D eigenvalue weighted by Gasteiger charge is 2.25. The van der Waals surface area contributed by atoms with E-state index in [1.165, 1.54) is 31.3 Å². The molecule has 28 heavy (non-hydrogen) atoms. The number of carbonyl (C=O) groups excluding carboxylic acids is 3. The Kier molecular flexibility index (Phi) is 7.45. The van der Waals surface area contributed by atoms with E-state index in [2.05, 4.69) is 15.6 Å². The van der Waals surface area contributed by atoms with Crippen molar-refractivity contribution in [2.45, 2.75) is 31.8 Å². The summed E-state index contributed by atoms with van der Waals surface area (Å²) in [6.07, 6.45) is 1.64. The number of nitrogens with one attached hydrogen (secondary N) is 2. The van der Waals surface area contributed by atoms with Crippen molar-refractivity contribution < 1.29 is 18.8 Å². The molecule has 0 unspecified atom stereocenters. The first-order valence-electron chi connectivity index (χ1n) is 8.46. The van der Waals surface area contributed by atoms with Crippen LogP contribution in [-0.2, 0) is 27.2 Å². The minimum Gasteiger partial charge on any atom is -0.368 e. The van der Waals surface area contributed by atoms with Crippen LogP contribution in [0.5, 0.6) is 0 Å². The van der Waals surface area contributed by atoms with Crippen LogP contribution in [0.4, 0.5) is 4.39 Å². The molecule has 4 N–H and O–H groups in total. The van der Waals surface area contributed by atoms with Crippen molar-refractivity contribution in [3.8, 4) is 0 Å². The summed E-state index contributed by atoms with van der Waals surface area (Å²) in [4.78, 5) is 39.8. The molecule has 1 heterocycles. The molecule has 1 aromatic carbocycles. The molecule has 0 spiro atoms. The van der Waals surface area contributed by atoms with Gasteiger partial charge in [-0.05, 0) is 29.3 Å². The normalized spacial score (nSPS) is 12.7. The van der Waals surface area contributed by atoms with Crippen LogP contribution >= 0.6 is 11.6 Å². The zero-order valence-electron chi connectivity index (χ0n) is 15.1. The summed E-state index contributed by atoms with van der Waals surface area (Å²) in [7, 11) is 0. The van der Waals surface area contributed by atoms with Gasteiger partial charge in [-0.3, -0.25) is 14.4 Å². The fraction of sp³-hybridized carbons (Fsp3) is 0.263. The van der Waals surface area contributed by atoms with Crippen molar-refractivity contribution in [3.05, 3.63) is 64.7 Å². The predicted octanol–water partition coefficient (Wildman–Crippen LogP) is 1.13. The number of aromatic nitrogens is 1. The van der Waals surface area contributed by atoms with Gasteiger partial charge in [0.2, 0.25) is 17.7 Å². The molecular formula is C19H20ClFN4O3. The maximum absolute atomic E-state index is 13.4. The van der Waals surface area contributed by atoms with Crippen LogP contribution in [0, 0.1) is 5.82 Å². The summed E-state index contributed by atoms with van der Waals surface area (Å²) in [5.74, 6) is -2.24. The fourth-order valence-corrected chi connectivity index (χ4v) is 2.72. The molecule has 2 aromatic rings. The summed E-state index contributed by atoms with van der Waals surface area (Å²) in [6, 6.07) is 6.90. The van der Waals surface area contributed by atoms with Gasteiger partial charge in [-0.1, -0.05) is 29.8 Å². The highest BCUT2D eigenvalue weighted by Crippen LogP contribution is 2.10. The van der Waals surface area contributed by atoms with Crippen molar-refractivity contribution in [1.82, 2.24) is 15.6 Å². The van der Waals surface area contributed by atoms with Crippen LogP contribution in [0.1, 0.15) is 18.1 Å². The van der Waals surface area contributed by atoms with Gasteiger partial charge in [-0.15, -0.1) is 0 Å². The predicted molar refractivity (Wildman–Crippen MR) is 102 cm³/mol. The number of primary amides is 1. The number of hydrogen-bond acceptors (Lipinski definition) is 4. The maximum Gasteiger partial charge on any atom is 0.243 e. The van der Waals surface area contributed by atoms with Crippen molar-refractivity contribution in [1.29, 1.82) is 0 Å². The largest absolute Gasteiger partial charge is 0.368 e. The third-order valence-electron chi connectivity index (χ3n) is 3.91. The Hall–Kier alpha value is -3.00. The van der Waals surface area contributed by atoms with E-state index in [0.717, 1.165) is 0 Å². The summed E-state index contributed by atoms with van der Waals surface area (Å²) in [6.45, 7) is 1.26. The van der Waals surface area contributed by atoms with E-state index in [9.17, 15) is 18.8 Å². The first-order chi connectivity index (χ1) is 13.2. The van der Waals surface area contributed by atoms with Crippen LogP contribution in [0.2, 0.25) is 5.15 Å². The fourth-order valence-electron chi connectivity index (χ4n) is 2.61. The molecule has 2 rings (SSSR count). The smallest absolute Gasteiger partial charge is 0.243 e. The number of nitrogens with zero attached hydrogens (tertiary/aromatic N) is 1. The van der Waals surface area contributed by atoms with E-state index in [1.54, 1.807) is 18.2 Å². The Morgan fingerprint density at radius 3 is 2.39 bits per heavy atom. The standard InChI is InChI=1S/C19H20ClFN4O3/c1-11(26)24-16(8-12-3-2-4-14(21)7-12)19(28)25-15(18(22)27)9-13-5-6-17(20)23-10-13/h2-7,10,15-16H,8-9H2,1H3,(H2,22,27)(H,24,26)(H,25,28)/t15-,16-/m0/s1. The lowest BCUT2D eigenvalue weighted by atomic mass is 10.0. The monoisotopic (exact) mass is 406 g/mol. The molecule has 0 fully saturated rings. The molecule has 0 saturated carbocycles. The van der Waals surface area contributed by atoms with Crippen molar-refractivity contribution >= 4 is 29.3 Å². The molecule has 9 heteroatoms. The molecule has 0 saturated heterocycles. The molecule has 0 radical (unpaired) electrons. The summed E-state index contributed by atoms with van der Waals surface area (Å²) in [5, 5.41) is 5.34. The van der Waals surface area contributed by atoms with Crippen molar-refractivity contribution in [3.63, 3.8) is 0 Å². The van der Waals surface area contributed by atoms with Crippen LogP contribution < -0.4 is 16.4 Å². The molecule has 148 valence electrons. The van der Waals surface area contributed by atoms with Gasteiger partial charge in [-0.25, -0.2) is 9.37 Å². The molecule has 0 aliphatic carbocycles. The Morgan fingerprint density at radius 2 is 1.82 bits per heavy atom. The van der Waals surface area contributed by atoms with Crippen LogP contribution in [-0.4, -0.2) is 34.8 Å². The lowest BCUT2D eigenvalue weighted by Crippen LogP contribution is -2.54. The Morgan fingerprint density at radius 1 is 1.11 bits per heavy atom. The SMILES string of the molecule is CC(=O)N[C@@H](Cc1cccc(F)c1)C(=O)N[C@@H](Cc1ccc(Cl)nc1)C(N)=O. The second-order valence-electron chi connectivity index (χ2n) is 6.24. The Bertz CT molecular complexity index is 861. The molecule has 1 aromatic heterocycles. The second-order valence-corrected chi connectivity index (χ2v) is 6.63. The van der Waals surface area contributed by atoms with E-state index in [1.807, 2.05) is 0 Å². The number of hydrogen-bond donors (Lipinski definition) is 3. The Labute approximate surface area is 166 Å². The number of rotatable bonds is 8. The highest BCUT2D eigenvalue weighted by atomic mass is 35.5. The van der Waals surface area contributed by atoms with Gasteiger partial charge in [0.05, 0.1) is 0 Å². The average molecular weight is 407 g/mol. The lowest BCUT2D eigenvalue weighted by molar-refractivity contribution is -0.130. The first-order valence-corrected chi connectivity index (χ1v) is 8.84. The molecule has 7 nitrogen and oxygen atoms in total. The summed E-state index contributed by atoms with van der Waals surface area (Å²) < 4.78 is 13.4. The first kappa shape index (κ1) is 21.3. The third-order valence-corrected chi connectivity index (χ3v) is 4.13. The van der Waals surface area contributed by atoms with E-state index in [-0.39, 0.29) is 12.8 Å². The van der Waals surface area contributed by atoms with E-state index >= 15 is 0 Å². The minimum absolute atomic E-state index is 0.0527. The number of amides is 3. The second kappa shape index (κ2) is 9.80. The third kappa shape index (κ3) is 6.62. The lowest BCUT2D eigenvalue weighted by Gasteiger charge is -2.21. The van der Waals surface area contributed by atoms with Crippen LogP contribution in [0.25, 0.3) is 0 Å². The summed E-state index contributed by atoms with van der Waals surface area (Å²) >= 11 is 5.73. The van der Waals surface area contributed by atoms with E-state index in [4.69, 9.17) is 17.3 Å². The van der Waals surface area contributed by atoms with Gasteiger partial charge < -0.3 is 16.4 Å². The van der Waals surface area contributed by atoms with Gasteiger partial charge in [0.1, 0.15) is 23.1 Å².